The fourth-order valence-electron chi connectivity index (χ4n) is 2.79. The molecule has 2 aliphatic heterocycles. The molecule has 0 amide bonds. The van der Waals surface area contributed by atoms with Crippen molar-refractivity contribution >= 4 is 0 Å². The molecule has 2 saturated heterocycles. The van der Waals surface area contributed by atoms with Crippen LogP contribution in [0.25, 0.3) is 0 Å². The molecule has 2 rings (SSSR count). The third kappa shape index (κ3) is 2.05. The zero-order valence-electron chi connectivity index (χ0n) is 8.67. The zero-order chi connectivity index (χ0) is 9.10. The van der Waals surface area contributed by atoms with Gasteiger partial charge in [-0.25, -0.2) is 0 Å². The van der Waals surface area contributed by atoms with Crippen molar-refractivity contribution in [2.45, 2.75) is 51.1 Å². The first kappa shape index (κ1) is 9.47. The van der Waals surface area contributed by atoms with Crippen LogP contribution in [0.15, 0.2) is 0 Å². The summed E-state index contributed by atoms with van der Waals surface area (Å²) in [5, 5.41) is 0. The predicted octanol–water partition coefficient (Wildman–Crippen LogP) is 2.04. The van der Waals surface area contributed by atoms with Gasteiger partial charge in [0, 0.05) is 25.3 Å². The van der Waals surface area contributed by atoms with Gasteiger partial charge >= 0.3 is 0 Å². The summed E-state index contributed by atoms with van der Waals surface area (Å²) in [7, 11) is 0. The summed E-state index contributed by atoms with van der Waals surface area (Å²) >= 11 is 0. The van der Waals surface area contributed by atoms with Crippen molar-refractivity contribution in [1.82, 2.24) is 4.90 Å². The van der Waals surface area contributed by atoms with E-state index in [1.807, 2.05) is 0 Å². The molecule has 2 aliphatic rings. The van der Waals surface area contributed by atoms with Gasteiger partial charge in [-0.05, 0) is 38.6 Å². The number of rotatable bonds is 2. The van der Waals surface area contributed by atoms with Crippen LogP contribution < -0.4 is 0 Å². The van der Waals surface area contributed by atoms with Crippen molar-refractivity contribution in [3.8, 4) is 0 Å². The number of ether oxygens (including phenoxy) is 1. The predicted molar refractivity (Wildman–Crippen MR) is 53.9 cm³/mol. The molecule has 2 fully saturated rings. The Balaban J connectivity index is 1.90. The number of hydrogen-bond acceptors (Lipinski definition) is 2. The highest BCUT2D eigenvalue weighted by Crippen LogP contribution is 2.26. The molecule has 0 aromatic carbocycles. The number of nitrogens with zero attached hydrogens (tertiary/aromatic N) is 1. The van der Waals surface area contributed by atoms with Crippen LogP contribution >= 0.6 is 0 Å². The van der Waals surface area contributed by atoms with E-state index in [1.165, 1.54) is 38.6 Å². The maximum atomic E-state index is 5.40. The van der Waals surface area contributed by atoms with E-state index in [4.69, 9.17) is 4.74 Å². The van der Waals surface area contributed by atoms with Crippen molar-refractivity contribution in [3.63, 3.8) is 0 Å². The monoisotopic (exact) mass is 183 g/mol. The fourth-order valence-corrected chi connectivity index (χ4v) is 2.79. The molecule has 0 bridgehead atoms. The Morgan fingerprint density at radius 2 is 2.00 bits per heavy atom. The fraction of sp³-hybridized carbons (Fsp3) is 1.00. The molecule has 0 aliphatic carbocycles. The summed E-state index contributed by atoms with van der Waals surface area (Å²) in [6.07, 6.45) is 6.69. The van der Waals surface area contributed by atoms with E-state index in [0.29, 0.717) is 0 Å². The average molecular weight is 183 g/mol. The van der Waals surface area contributed by atoms with Crippen LogP contribution in [0.3, 0.4) is 0 Å². The molecule has 2 nitrogen and oxygen atoms in total. The Bertz CT molecular complexity index is 154. The Kier molecular flexibility index (Phi) is 3.23. The van der Waals surface area contributed by atoms with Gasteiger partial charge in [-0.1, -0.05) is 6.92 Å². The van der Waals surface area contributed by atoms with Crippen LogP contribution in [-0.4, -0.2) is 36.7 Å². The molecular weight excluding hydrogens is 162 g/mol. The molecule has 0 unspecified atom stereocenters. The van der Waals surface area contributed by atoms with Gasteiger partial charge in [0.15, 0.2) is 0 Å². The van der Waals surface area contributed by atoms with Crippen LogP contribution in [0.1, 0.15) is 39.0 Å². The van der Waals surface area contributed by atoms with Gasteiger partial charge in [-0.2, -0.15) is 0 Å². The average Bonchev–Trinajstić information content (AvgIpc) is 2.67. The lowest BCUT2D eigenvalue weighted by atomic mass is 10.1. The first-order valence-corrected chi connectivity index (χ1v) is 5.75. The second kappa shape index (κ2) is 4.43. The smallest absolute Gasteiger partial charge is 0.0480 e. The second-order valence-corrected chi connectivity index (χ2v) is 4.29. The van der Waals surface area contributed by atoms with E-state index in [2.05, 4.69) is 11.8 Å². The normalized spacial score (nSPS) is 32.5. The minimum atomic E-state index is 0.834. The van der Waals surface area contributed by atoms with Crippen molar-refractivity contribution in [1.29, 1.82) is 0 Å². The van der Waals surface area contributed by atoms with Crippen molar-refractivity contribution in [3.05, 3.63) is 0 Å². The largest absolute Gasteiger partial charge is 0.381 e. The summed E-state index contributed by atoms with van der Waals surface area (Å²) in [4.78, 5) is 2.74. The topological polar surface area (TPSA) is 12.5 Å². The highest BCUT2D eigenvalue weighted by molar-refractivity contribution is 4.85. The molecule has 0 N–H and O–H groups in total. The second-order valence-electron chi connectivity index (χ2n) is 4.29. The molecule has 1 atom stereocenters. The summed E-state index contributed by atoms with van der Waals surface area (Å²) in [6.45, 7) is 5.63. The minimum absolute atomic E-state index is 0.834. The summed E-state index contributed by atoms with van der Waals surface area (Å²) in [5.41, 5.74) is 0. The summed E-state index contributed by atoms with van der Waals surface area (Å²) < 4.78 is 5.40. The molecule has 0 aromatic rings. The molecule has 0 saturated carbocycles. The first-order valence-electron chi connectivity index (χ1n) is 5.75. The Labute approximate surface area is 81.3 Å². The van der Waals surface area contributed by atoms with Crippen LogP contribution in [0.5, 0.6) is 0 Å². The SMILES string of the molecule is CC[C@H]1CCCN1C1CCOCC1. The lowest BCUT2D eigenvalue weighted by molar-refractivity contribution is 0.0288. The first-order chi connectivity index (χ1) is 6.42. The van der Waals surface area contributed by atoms with E-state index in [9.17, 15) is 0 Å². The van der Waals surface area contributed by atoms with Gasteiger partial charge in [-0.3, -0.25) is 4.90 Å². The van der Waals surface area contributed by atoms with Gasteiger partial charge in [0.2, 0.25) is 0 Å². The van der Waals surface area contributed by atoms with Crippen molar-refractivity contribution in [2.24, 2.45) is 0 Å². The quantitative estimate of drug-likeness (QED) is 0.649. The van der Waals surface area contributed by atoms with Crippen molar-refractivity contribution < 1.29 is 4.74 Å². The Morgan fingerprint density at radius 1 is 1.23 bits per heavy atom. The molecule has 2 heteroatoms. The molecular formula is C11H21NO. The van der Waals surface area contributed by atoms with E-state index in [1.54, 1.807) is 0 Å². The third-order valence-corrected chi connectivity index (χ3v) is 3.55. The maximum absolute atomic E-state index is 5.40. The van der Waals surface area contributed by atoms with E-state index in [0.717, 1.165) is 25.3 Å². The van der Waals surface area contributed by atoms with Gasteiger partial charge in [0.25, 0.3) is 0 Å². The molecule has 2 heterocycles. The van der Waals surface area contributed by atoms with Gasteiger partial charge in [0.05, 0.1) is 0 Å². The van der Waals surface area contributed by atoms with Crippen molar-refractivity contribution in [2.75, 3.05) is 19.8 Å². The lowest BCUT2D eigenvalue weighted by Gasteiger charge is -2.35. The minimum Gasteiger partial charge on any atom is -0.381 e. The van der Waals surface area contributed by atoms with Gasteiger partial charge in [-0.15, -0.1) is 0 Å². The third-order valence-electron chi connectivity index (χ3n) is 3.55. The summed E-state index contributed by atoms with van der Waals surface area (Å²) in [6, 6.07) is 1.71. The molecule has 0 spiro atoms. The highest BCUT2D eigenvalue weighted by atomic mass is 16.5. The maximum Gasteiger partial charge on any atom is 0.0480 e. The van der Waals surface area contributed by atoms with Crippen LogP contribution in [0.2, 0.25) is 0 Å². The van der Waals surface area contributed by atoms with Gasteiger partial charge < -0.3 is 4.74 Å². The van der Waals surface area contributed by atoms with Crippen LogP contribution in [0, 0.1) is 0 Å². The highest BCUT2D eigenvalue weighted by Gasteiger charge is 2.30. The molecule has 0 radical (unpaired) electrons. The summed E-state index contributed by atoms with van der Waals surface area (Å²) in [5.74, 6) is 0. The molecule has 13 heavy (non-hydrogen) atoms. The van der Waals surface area contributed by atoms with Crippen LogP contribution in [0.4, 0.5) is 0 Å². The van der Waals surface area contributed by atoms with E-state index < -0.39 is 0 Å². The number of hydrogen-bond donors (Lipinski definition) is 0. The Morgan fingerprint density at radius 3 is 2.69 bits per heavy atom. The number of likely N-dealkylation sites (tertiary alicyclic amines) is 1. The molecule has 76 valence electrons. The standard InChI is InChI=1S/C11H21NO/c1-2-10-4-3-7-12(10)11-5-8-13-9-6-11/h10-11H,2-9H2,1H3/t10-/m0/s1. The molecule has 0 aromatic heterocycles. The van der Waals surface area contributed by atoms with Crippen LogP contribution in [-0.2, 0) is 4.74 Å². The van der Waals surface area contributed by atoms with E-state index >= 15 is 0 Å². The van der Waals surface area contributed by atoms with E-state index in [-0.39, 0.29) is 0 Å². The zero-order valence-corrected chi connectivity index (χ0v) is 8.67. The Hall–Kier alpha value is -0.0800. The lowest BCUT2D eigenvalue weighted by Crippen LogP contribution is -2.42. The van der Waals surface area contributed by atoms with Gasteiger partial charge in [0.1, 0.15) is 0 Å².